The third-order valence-electron chi connectivity index (χ3n) is 1.96. The molecule has 0 radical (unpaired) electrons. The summed E-state index contributed by atoms with van der Waals surface area (Å²) in [5.74, 6) is -0.660. The minimum Gasteiger partial charge on any atom is -0.281 e. The highest BCUT2D eigenvalue weighted by atomic mass is 35.5. The van der Waals surface area contributed by atoms with Crippen molar-refractivity contribution >= 4 is 26.7 Å². The first-order valence-electron chi connectivity index (χ1n) is 4.58. The highest BCUT2D eigenvalue weighted by Gasteiger charge is 2.14. The van der Waals surface area contributed by atoms with E-state index in [-0.39, 0.29) is 23.5 Å². The van der Waals surface area contributed by atoms with Crippen LogP contribution in [0.15, 0.2) is 29.2 Å². The van der Waals surface area contributed by atoms with Crippen molar-refractivity contribution in [2.45, 2.75) is 17.7 Å². The molecule has 0 saturated carbocycles. The lowest BCUT2D eigenvalue weighted by molar-refractivity contribution is -0.111. The Kier molecular flexibility index (Phi) is 4.44. The highest BCUT2D eigenvalue weighted by molar-refractivity contribution is 7.91. The maximum Gasteiger partial charge on any atom is 0.221 e. The van der Waals surface area contributed by atoms with Gasteiger partial charge in [0.2, 0.25) is 5.24 Å². The standard InChI is InChI=1S/C10H10ClFO3S/c11-10(13)2-1-7-16(14,15)9-5-3-8(12)4-6-9/h3-6H,1-2,7H2. The Balaban J connectivity index is 2.71. The fourth-order valence-corrected chi connectivity index (χ4v) is 2.61. The summed E-state index contributed by atoms with van der Waals surface area (Å²) in [5.41, 5.74) is 0. The lowest BCUT2D eigenvalue weighted by Crippen LogP contribution is -2.07. The average Bonchev–Trinajstić information content (AvgIpc) is 2.17. The van der Waals surface area contributed by atoms with Crippen LogP contribution in [0.1, 0.15) is 12.8 Å². The van der Waals surface area contributed by atoms with E-state index in [0.29, 0.717) is 0 Å². The van der Waals surface area contributed by atoms with E-state index in [1.54, 1.807) is 0 Å². The molecular weight excluding hydrogens is 255 g/mol. The second-order valence-electron chi connectivity index (χ2n) is 3.23. The number of benzene rings is 1. The van der Waals surface area contributed by atoms with Gasteiger partial charge in [-0.15, -0.1) is 0 Å². The van der Waals surface area contributed by atoms with Crippen molar-refractivity contribution in [3.63, 3.8) is 0 Å². The number of rotatable bonds is 5. The third-order valence-corrected chi connectivity index (χ3v) is 3.96. The molecule has 0 unspecified atom stereocenters. The molecule has 0 amide bonds. The predicted molar refractivity (Wildman–Crippen MR) is 58.5 cm³/mol. The van der Waals surface area contributed by atoms with E-state index in [2.05, 4.69) is 0 Å². The zero-order chi connectivity index (χ0) is 12.2. The van der Waals surface area contributed by atoms with E-state index in [9.17, 15) is 17.6 Å². The molecule has 0 bridgehead atoms. The van der Waals surface area contributed by atoms with Crippen molar-refractivity contribution in [1.29, 1.82) is 0 Å². The van der Waals surface area contributed by atoms with E-state index in [1.165, 1.54) is 12.1 Å². The molecule has 0 fully saturated rings. The molecule has 0 saturated heterocycles. The molecule has 0 heterocycles. The first-order valence-corrected chi connectivity index (χ1v) is 6.61. The van der Waals surface area contributed by atoms with Crippen molar-refractivity contribution in [1.82, 2.24) is 0 Å². The second-order valence-corrected chi connectivity index (χ2v) is 5.76. The van der Waals surface area contributed by atoms with Gasteiger partial charge in [0.15, 0.2) is 9.84 Å². The molecule has 1 aromatic carbocycles. The van der Waals surface area contributed by atoms with Gasteiger partial charge in [0.05, 0.1) is 10.6 Å². The third kappa shape index (κ3) is 3.90. The molecule has 0 N–H and O–H groups in total. The van der Waals surface area contributed by atoms with Gasteiger partial charge in [-0.1, -0.05) is 0 Å². The molecule has 1 aromatic rings. The molecule has 3 nitrogen and oxygen atoms in total. The lowest BCUT2D eigenvalue weighted by Gasteiger charge is -2.02. The van der Waals surface area contributed by atoms with Gasteiger partial charge in [0, 0.05) is 6.42 Å². The molecular formula is C10H10ClFO3S. The maximum absolute atomic E-state index is 12.6. The zero-order valence-electron chi connectivity index (χ0n) is 8.32. The fraction of sp³-hybridized carbons (Fsp3) is 0.300. The first kappa shape index (κ1) is 13.1. The van der Waals surface area contributed by atoms with Gasteiger partial charge in [0.1, 0.15) is 5.82 Å². The first-order chi connectivity index (χ1) is 7.42. The van der Waals surface area contributed by atoms with E-state index in [4.69, 9.17) is 11.6 Å². The molecule has 0 aliphatic rings. The molecule has 6 heteroatoms. The smallest absolute Gasteiger partial charge is 0.221 e. The van der Waals surface area contributed by atoms with Crippen LogP contribution in [0.5, 0.6) is 0 Å². The molecule has 1 rings (SSSR count). The van der Waals surface area contributed by atoms with Crippen LogP contribution in [0.25, 0.3) is 0 Å². The van der Waals surface area contributed by atoms with Crippen LogP contribution in [0.2, 0.25) is 0 Å². The van der Waals surface area contributed by atoms with Crippen molar-refractivity contribution in [2.75, 3.05) is 5.75 Å². The predicted octanol–water partition coefficient (Wildman–Crippen LogP) is 2.15. The number of carbonyl (C=O) groups is 1. The summed E-state index contributed by atoms with van der Waals surface area (Å²) >= 11 is 5.09. The number of halogens is 2. The Bertz CT molecular complexity index is 467. The van der Waals surface area contributed by atoms with Gasteiger partial charge in [-0.05, 0) is 42.3 Å². The minimum atomic E-state index is -3.45. The maximum atomic E-state index is 12.6. The number of hydrogen-bond donors (Lipinski definition) is 0. The summed E-state index contributed by atoms with van der Waals surface area (Å²) in [5, 5.41) is -0.561. The van der Waals surface area contributed by atoms with Crippen molar-refractivity contribution < 1.29 is 17.6 Å². The van der Waals surface area contributed by atoms with Crippen LogP contribution in [0, 0.1) is 5.82 Å². The molecule has 0 aromatic heterocycles. The topological polar surface area (TPSA) is 51.2 Å². The second kappa shape index (κ2) is 5.41. The summed E-state index contributed by atoms with van der Waals surface area (Å²) in [7, 11) is -3.45. The van der Waals surface area contributed by atoms with E-state index in [0.717, 1.165) is 12.1 Å². The van der Waals surface area contributed by atoms with Crippen LogP contribution in [-0.4, -0.2) is 19.4 Å². The van der Waals surface area contributed by atoms with Gasteiger partial charge < -0.3 is 0 Å². The Labute approximate surface area is 98.1 Å². The van der Waals surface area contributed by atoms with Gasteiger partial charge in [-0.2, -0.15) is 0 Å². The van der Waals surface area contributed by atoms with Crippen LogP contribution in [0.3, 0.4) is 0 Å². The molecule has 0 aliphatic heterocycles. The Morgan fingerprint density at radius 3 is 2.31 bits per heavy atom. The van der Waals surface area contributed by atoms with E-state index >= 15 is 0 Å². The van der Waals surface area contributed by atoms with Gasteiger partial charge in [-0.25, -0.2) is 12.8 Å². The Morgan fingerprint density at radius 2 is 1.81 bits per heavy atom. The Hall–Kier alpha value is -0.940. The number of carbonyl (C=O) groups excluding carboxylic acids is 1. The van der Waals surface area contributed by atoms with Gasteiger partial charge >= 0.3 is 0 Å². The van der Waals surface area contributed by atoms with E-state index in [1.807, 2.05) is 0 Å². The minimum absolute atomic E-state index is 0.0159. The summed E-state index contributed by atoms with van der Waals surface area (Å²) in [6.45, 7) is 0. The summed E-state index contributed by atoms with van der Waals surface area (Å²) in [6, 6.07) is 4.57. The van der Waals surface area contributed by atoms with Crippen molar-refractivity contribution in [3.05, 3.63) is 30.1 Å². The lowest BCUT2D eigenvalue weighted by atomic mass is 10.3. The largest absolute Gasteiger partial charge is 0.281 e. The van der Waals surface area contributed by atoms with Crippen LogP contribution >= 0.6 is 11.6 Å². The van der Waals surface area contributed by atoms with Crippen LogP contribution in [0.4, 0.5) is 4.39 Å². The molecule has 0 atom stereocenters. The molecule has 88 valence electrons. The summed E-state index contributed by atoms with van der Waals surface area (Å²) in [6.07, 6.45) is 0.185. The highest BCUT2D eigenvalue weighted by Crippen LogP contribution is 2.13. The summed E-state index contributed by atoms with van der Waals surface area (Å²) in [4.78, 5) is 10.5. The number of hydrogen-bond acceptors (Lipinski definition) is 3. The average molecular weight is 265 g/mol. The quantitative estimate of drug-likeness (QED) is 0.605. The summed E-state index contributed by atoms with van der Waals surface area (Å²) < 4.78 is 35.9. The normalized spacial score (nSPS) is 11.4. The van der Waals surface area contributed by atoms with Crippen molar-refractivity contribution in [2.24, 2.45) is 0 Å². The van der Waals surface area contributed by atoms with Crippen molar-refractivity contribution in [3.8, 4) is 0 Å². The van der Waals surface area contributed by atoms with E-state index < -0.39 is 20.9 Å². The van der Waals surface area contributed by atoms with Gasteiger partial charge in [-0.3, -0.25) is 4.79 Å². The molecule has 0 spiro atoms. The fourth-order valence-electron chi connectivity index (χ4n) is 1.16. The number of sulfone groups is 1. The monoisotopic (exact) mass is 264 g/mol. The van der Waals surface area contributed by atoms with Crippen LogP contribution in [-0.2, 0) is 14.6 Å². The molecule has 16 heavy (non-hydrogen) atoms. The zero-order valence-corrected chi connectivity index (χ0v) is 9.89. The SMILES string of the molecule is O=C(Cl)CCCS(=O)(=O)c1ccc(F)cc1. The molecule has 0 aliphatic carbocycles. The Morgan fingerprint density at radius 1 is 1.25 bits per heavy atom. The van der Waals surface area contributed by atoms with Crippen LogP contribution < -0.4 is 0 Å². The van der Waals surface area contributed by atoms with Gasteiger partial charge in [0.25, 0.3) is 0 Å².